The van der Waals surface area contributed by atoms with Crippen LogP contribution in [0, 0.1) is 0 Å². The molecule has 8 nitrogen and oxygen atoms in total. The number of rotatable bonds is 8. The molecule has 0 aliphatic carbocycles. The Morgan fingerprint density at radius 2 is 2.08 bits per heavy atom. The van der Waals surface area contributed by atoms with Gasteiger partial charge in [-0.25, -0.2) is 4.79 Å². The molecule has 0 saturated carbocycles. The van der Waals surface area contributed by atoms with Crippen LogP contribution in [0.4, 0.5) is 10.5 Å². The van der Waals surface area contributed by atoms with Gasteiger partial charge in [0, 0.05) is 17.9 Å². The van der Waals surface area contributed by atoms with Crippen LogP contribution < -0.4 is 10.6 Å². The van der Waals surface area contributed by atoms with Gasteiger partial charge in [0.05, 0.1) is 12.2 Å². The van der Waals surface area contributed by atoms with E-state index in [1.54, 1.807) is 12.1 Å². The van der Waals surface area contributed by atoms with Crippen molar-refractivity contribution in [3.63, 3.8) is 0 Å². The minimum atomic E-state index is -0.555. The minimum Gasteiger partial charge on any atom is -0.456 e. The summed E-state index contributed by atoms with van der Waals surface area (Å²) in [5.41, 5.74) is 0.662. The smallest absolute Gasteiger partial charge is 0.324 e. The number of ether oxygens (including phenoxy) is 1. The van der Waals surface area contributed by atoms with Gasteiger partial charge in [0.25, 0.3) is 5.91 Å². The lowest BCUT2D eigenvalue weighted by atomic mass is 10.3. The molecule has 1 aromatic carbocycles. The van der Waals surface area contributed by atoms with Gasteiger partial charge in [0.2, 0.25) is 5.91 Å². The number of nitrogens with one attached hydrogen (secondary N) is 2. The van der Waals surface area contributed by atoms with Gasteiger partial charge in [-0.05, 0) is 24.8 Å². The lowest BCUT2D eigenvalue weighted by molar-refractivity contribution is -0.147. The summed E-state index contributed by atoms with van der Waals surface area (Å²) in [7, 11) is 0. The van der Waals surface area contributed by atoms with Crippen molar-refractivity contribution in [2.75, 3.05) is 31.3 Å². The predicted octanol–water partition coefficient (Wildman–Crippen LogP) is 1.22. The van der Waals surface area contributed by atoms with E-state index < -0.39 is 17.9 Å². The van der Waals surface area contributed by atoms with Crippen LogP contribution in [-0.4, -0.2) is 54.7 Å². The lowest BCUT2D eigenvalue weighted by Crippen LogP contribution is -2.32. The molecule has 1 aromatic rings. The number of esters is 1. The molecule has 25 heavy (non-hydrogen) atoms. The number of thioether (sulfide) groups is 1. The zero-order valence-electron chi connectivity index (χ0n) is 13.7. The number of urea groups is 1. The second-order valence-corrected chi connectivity index (χ2v) is 6.06. The molecule has 1 saturated heterocycles. The van der Waals surface area contributed by atoms with Crippen LogP contribution in [0.1, 0.15) is 12.8 Å². The van der Waals surface area contributed by atoms with Gasteiger partial charge in [-0.3, -0.25) is 19.3 Å². The van der Waals surface area contributed by atoms with Crippen molar-refractivity contribution in [2.24, 2.45) is 0 Å². The van der Waals surface area contributed by atoms with Crippen molar-refractivity contribution < 1.29 is 23.9 Å². The molecule has 0 spiro atoms. The molecular weight excluding hydrogens is 346 g/mol. The van der Waals surface area contributed by atoms with E-state index in [9.17, 15) is 19.2 Å². The Hall–Kier alpha value is -2.55. The molecule has 0 unspecified atom stereocenters. The Balaban J connectivity index is 1.68. The van der Waals surface area contributed by atoms with Gasteiger partial charge in [-0.1, -0.05) is 12.1 Å². The highest BCUT2D eigenvalue weighted by atomic mass is 32.2. The quantitative estimate of drug-likeness (QED) is 0.408. The highest BCUT2D eigenvalue weighted by molar-refractivity contribution is 7.98. The van der Waals surface area contributed by atoms with Crippen LogP contribution in [0.3, 0.4) is 0 Å². The first kappa shape index (κ1) is 18.8. The van der Waals surface area contributed by atoms with Gasteiger partial charge in [0.15, 0.2) is 6.61 Å². The first-order chi connectivity index (χ1) is 12.0. The number of imide groups is 1. The van der Waals surface area contributed by atoms with Gasteiger partial charge >= 0.3 is 12.0 Å². The summed E-state index contributed by atoms with van der Waals surface area (Å²) in [5.74, 6) is -1.30. The third-order valence-corrected chi connectivity index (χ3v) is 4.24. The predicted molar refractivity (Wildman–Crippen MR) is 92.2 cm³/mol. The van der Waals surface area contributed by atoms with E-state index in [4.69, 9.17) is 4.74 Å². The van der Waals surface area contributed by atoms with E-state index in [2.05, 4.69) is 10.6 Å². The molecule has 2 rings (SSSR count). The highest BCUT2D eigenvalue weighted by Crippen LogP contribution is 2.24. The van der Waals surface area contributed by atoms with E-state index in [1.165, 1.54) is 11.8 Å². The summed E-state index contributed by atoms with van der Waals surface area (Å²) in [6.45, 7) is -0.251. The molecular formula is C16H19N3O5S. The Labute approximate surface area is 149 Å². The zero-order valence-corrected chi connectivity index (χ0v) is 14.6. The van der Waals surface area contributed by atoms with Crippen LogP contribution in [0.2, 0.25) is 0 Å². The summed E-state index contributed by atoms with van der Waals surface area (Å²) in [5, 5.41) is 5.08. The fraction of sp³-hybridized carbons (Fsp3) is 0.375. The monoisotopic (exact) mass is 365 g/mol. The second kappa shape index (κ2) is 9.07. The van der Waals surface area contributed by atoms with E-state index in [-0.39, 0.29) is 38.4 Å². The van der Waals surface area contributed by atoms with Crippen LogP contribution in [0.25, 0.3) is 0 Å². The fourth-order valence-electron chi connectivity index (χ4n) is 2.22. The van der Waals surface area contributed by atoms with E-state index in [0.717, 1.165) is 9.80 Å². The first-order valence-electron chi connectivity index (χ1n) is 7.68. The largest absolute Gasteiger partial charge is 0.456 e. The highest BCUT2D eigenvalue weighted by Gasteiger charge is 2.27. The number of carbonyl (C=O) groups is 4. The standard InChI is InChI=1S/C16H19N3O5S/c1-25-12-6-3-2-5-11(12)18-13(20)10-24-15(22)7-4-8-19-14(21)9-17-16(19)23/h2-3,5-6H,4,7-10H2,1H3,(H,17,23)(H,18,20). The molecule has 2 N–H and O–H groups in total. The number of hydrogen-bond acceptors (Lipinski definition) is 6. The van der Waals surface area contributed by atoms with Crippen molar-refractivity contribution >= 4 is 41.3 Å². The van der Waals surface area contributed by atoms with Gasteiger partial charge < -0.3 is 15.4 Å². The van der Waals surface area contributed by atoms with E-state index in [1.807, 2.05) is 18.4 Å². The summed E-state index contributed by atoms with van der Waals surface area (Å²) in [6, 6.07) is 6.86. The Kier molecular flexibility index (Phi) is 6.81. The molecule has 0 radical (unpaired) electrons. The third kappa shape index (κ3) is 5.49. The van der Waals surface area contributed by atoms with Gasteiger partial charge in [-0.15, -0.1) is 11.8 Å². The maximum Gasteiger partial charge on any atom is 0.324 e. The number of benzene rings is 1. The zero-order chi connectivity index (χ0) is 18.2. The molecule has 134 valence electrons. The SMILES string of the molecule is CSc1ccccc1NC(=O)COC(=O)CCCN1C(=O)CNC1=O. The maximum atomic E-state index is 11.9. The molecule has 1 aliphatic rings. The van der Waals surface area contributed by atoms with E-state index in [0.29, 0.717) is 5.69 Å². The van der Waals surface area contributed by atoms with Crippen LogP contribution in [0.5, 0.6) is 0 Å². The maximum absolute atomic E-state index is 11.9. The normalized spacial score (nSPS) is 13.6. The molecule has 0 atom stereocenters. The number of nitrogens with zero attached hydrogens (tertiary/aromatic N) is 1. The summed E-state index contributed by atoms with van der Waals surface area (Å²) in [4.78, 5) is 48.2. The van der Waals surface area contributed by atoms with Crippen LogP contribution in [-0.2, 0) is 19.1 Å². The number of carbonyl (C=O) groups excluding carboxylic acids is 4. The Morgan fingerprint density at radius 3 is 2.76 bits per heavy atom. The first-order valence-corrected chi connectivity index (χ1v) is 8.90. The van der Waals surface area contributed by atoms with Crippen molar-refractivity contribution in [3.8, 4) is 0 Å². The molecule has 4 amide bonds. The molecule has 1 heterocycles. The third-order valence-electron chi connectivity index (χ3n) is 3.44. The van der Waals surface area contributed by atoms with Crippen molar-refractivity contribution in [2.45, 2.75) is 17.7 Å². The Morgan fingerprint density at radius 1 is 1.32 bits per heavy atom. The average molecular weight is 365 g/mol. The topological polar surface area (TPSA) is 105 Å². The Bertz CT molecular complexity index is 663. The summed E-state index contributed by atoms with van der Waals surface area (Å²) < 4.78 is 4.91. The van der Waals surface area contributed by atoms with Crippen molar-refractivity contribution in [3.05, 3.63) is 24.3 Å². The van der Waals surface area contributed by atoms with Crippen molar-refractivity contribution in [1.29, 1.82) is 0 Å². The number of amides is 4. The molecule has 0 aromatic heterocycles. The van der Waals surface area contributed by atoms with Gasteiger partial charge in [0.1, 0.15) is 0 Å². The minimum absolute atomic E-state index is 0.0129. The fourth-order valence-corrected chi connectivity index (χ4v) is 2.77. The average Bonchev–Trinajstić information content (AvgIpc) is 2.92. The second-order valence-electron chi connectivity index (χ2n) is 5.22. The molecule has 1 aliphatic heterocycles. The summed E-state index contributed by atoms with van der Waals surface area (Å²) in [6.07, 6.45) is 2.21. The number of para-hydroxylation sites is 1. The van der Waals surface area contributed by atoms with Gasteiger partial charge in [-0.2, -0.15) is 0 Å². The summed E-state index contributed by atoms with van der Waals surface area (Å²) >= 11 is 1.50. The molecule has 1 fully saturated rings. The molecule has 0 bridgehead atoms. The molecule has 9 heteroatoms. The van der Waals surface area contributed by atoms with E-state index >= 15 is 0 Å². The lowest BCUT2D eigenvalue weighted by Gasteiger charge is -2.12. The van der Waals surface area contributed by atoms with Crippen molar-refractivity contribution in [1.82, 2.24) is 10.2 Å². The van der Waals surface area contributed by atoms with Crippen LogP contribution >= 0.6 is 11.8 Å². The number of anilines is 1. The van der Waals surface area contributed by atoms with Crippen LogP contribution in [0.15, 0.2) is 29.2 Å². The number of hydrogen-bond donors (Lipinski definition) is 2.